The molecule has 0 aromatic heterocycles. The fraction of sp³-hybridized carbons (Fsp3) is 0.182. The van der Waals surface area contributed by atoms with Crippen LogP contribution in [0, 0.1) is 0 Å². The average molecular weight is 348 g/mol. The van der Waals surface area contributed by atoms with Crippen molar-refractivity contribution in [2.24, 2.45) is 0 Å². The lowest BCUT2D eigenvalue weighted by atomic mass is 9.93. The van der Waals surface area contributed by atoms with Gasteiger partial charge in [-0.15, -0.1) is 0 Å². The first-order valence-corrected chi connectivity index (χ1v) is 8.34. The van der Waals surface area contributed by atoms with Gasteiger partial charge in [0.05, 0.1) is 28.4 Å². The van der Waals surface area contributed by atoms with Crippen LogP contribution in [-0.4, -0.2) is 28.4 Å². The van der Waals surface area contributed by atoms with Crippen LogP contribution >= 0.6 is 0 Å². The summed E-state index contributed by atoms with van der Waals surface area (Å²) in [5, 5.41) is 6.38. The molecule has 0 heterocycles. The minimum atomic E-state index is 0.749. The molecule has 0 aliphatic rings. The number of benzene rings is 4. The highest BCUT2D eigenvalue weighted by atomic mass is 16.5. The fourth-order valence-corrected chi connectivity index (χ4v) is 3.63. The Bertz CT molecular complexity index is 1040. The van der Waals surface area contributed by atoms with Crippen molar-refractivity contribution >= 4 is 32.3 Å². The number of methoxy groups -OCH3 is 4. The summed E-state index contributed by atoms with van der Waals surface area (Å²) < 4.78 is 22.4. The van der Waals surface area contributed by atoms with E-state index in [1.54, 1.807) is 28.4 Å². The molecule has 4 rings (SSSR count). The maximum Gasteiger partial charge on any atom is 0.131 e. The molecule has 0 unspecified atom stereocenters. The first-order valence-electron chi connectivity index (χ1n) is 8.34. The van der Waals surface area contributed by atoms with Crippen LogP contribution in [0.4, 0.5) is 0 Å². The van der Waals surface area contributed by atoms with Gasteiger partial charge < -0.3 is 18.9 Å². The zero-order chi connectivity index (χ0) is 18.3. The molecule has 0 spiro atoms. The van der Waals surface area contributed by atoms with E-state index >= 15 is 0 Å². The van der Waals surface area contributed by atoms with Crippen molar-refractivity contribution in [3.05, 3.63) is 48.5 Å². The smallest absolute Gasteiger partial charge is 0.131 e. The van der Waals surface area contributed by atoms with E-state index in [1.807, 2.05) is 36.4 Å². The van der Waals surface area contributed by atoms with Gasteiger partial charge in [0.2, 0.25) is 0 Å². The van der Waals surface area contributed by atoms with E-state index in [1.165, 1.54) is 0 Å². The molecule has 0 fully saturated rings. The van der Waals surface area contributed by atoms with E-state index in [4.69, 9.17) is 18.9 Å². The Morgan fingerprint density at radius 2 is 0.923 bits per heavy atom. The molecule has 0 amide bonds. The van der Waals surface area contributed by atoms with E-state index in [2.05, 4.69) is 12.1 Å². The van der Waals surface area contributed by atoms with Gasteiger partial charge in [0.15, 0.2) is 0 Å². The molecule has 26 heavy (non-hydrogen) atoms. The normalized spacial score (nSPS) is 11.1. The summed E-state index contributed by atoms with van der Waals surface area (Å²) >= 11 is 0. The lowest BCUT2D eigenvalue weighted by molar-refractivity contribution is 0.396. The summed E-state index contributed by atoms with van der Waals surface area (Å²) in [4.78, 5) is 0. The third kappa shape index (κ3) is 2.30. The molecule has 132 valence electrons. The van der Waals surface area contributed by atoms with Crippen LogP contribution < -0.4 is 18.9 Å². The molecule has 4 aromatic carbocycles. The summed E-state index contributed by atoms with van der Waals surface area (Å²) in [6, 6.07) is 16.2. The SMILES string of the molecule is COc1cc(OC)c2c(c1)c1ccccc1c1cc(OC)cc(OC)c12. The second-order valence-corrected chi connectivity index (χ2v) is 6.05. The molecule has 4 nitrogen and oxygen atoms in total. The van der Waals surface area contributed by atoms with Gasteiger partial charge in [-0.05, 0) is 33.7 Å². The highest BCUT2D eigenvalue weighted by Gasteiger charge is 2.18. The Kier molecular flexibility index (Phi) is 3.96. The van der Waals surface area contributed by atoms with E-state index in [0.29, 0.717) is 0 Å². The molecule has 0 radical (unpaired) electrons. The molecular weight excluding hydrogens is 328 g/mol. The second-order valence-electron chi connectivity index (χ2n) is 6.05. The molecule has 0 saturated heterocycles. The Hall–Kier alpha value is -3.14. The van der Waals surface area contributed by atoms with Crippen molar-refractivity contribution in [1.29, 1.82) is 0 Å². The number of hydrogen-bond donors (Lipinski definition) is 0. The summed E-state index contributed by atoms with van der Waals surface area (Å²) in [5.74, 6) is 3.01. The predicted octanol–water partition coefficient (Wildman–Crippen LogP) is 5.18. The average Bonchev–Trinajstić information content (AvgIpc) is 2.71. The van der Waals surface area contributed by atoms with Crippen LogP contribution in [0.5, 0.6) is 23.0 Å². The highest BCUT2D eigenvalue weighted by molar-refractivity contribution is 6.28. The number of rotatable bonds is 4. The van der Waals surface area contributed by atoms with Crippen LogP contribution in [-0.2, 0) is 0 Å². The van der Waals surface area contributed by atoms with E-state index in [-0.39, 0.29) is 0 Å². The van der Waals surface area contributed by atoms with Gasteiger partial charge in [0.1, 0.15) is 23.0 Å². The minimum Gasteiger partial charge on any atom is -0.497 e. The standard InChI is InChI=1S/C22H20O4/c1-23-13-9-17-15-7-5-6-8-16(15)18-10-14(24-2)12-20(26-4)22(18)21(17)19(11-13)25-3/h5-12H,1-4H3. The maximum atomic E-state index is 5.72. The third-order valence-electron chi connectivity index (χ3n) is 4.82. The van der Waals surface area contributed by atoms with Crippen molar-refractivity contribution in [2.45, 2.75) is 0 Å². The fourth-order valence-electron chi connectivity index (χ4n) is 3.63. The largest absolute Gasteiger partial charge is 0.497 e. The Morgan fingerprint density at radius 1 is 0.500 bits per heavy atom. The first-order chi connectivity index (χ1) is 12.7. The number of fused-ring (bicyclic) bond motifs is 6. The molecule has 4 heteroatoms. The van der Waals surface area contributed by atoms with Gasteiger partial charge in [0.25, 0.3) is 0 Å². The van der Waals surface area contributed by atoms with E-state index in [9.17, 15) is 0 Å². The number of hydrogen-bond acceptors (Lipinski definition) is 4. The Labute approximate surface area is 151 Å². The van der Waals surface area contributed by atoms with Gasteiger partial charge in [0, 0.05) is 22.9 Å². The monoisotopic (exact) mass is 348 g/mol. The summed E-state index contributed by atoms with van der Waals surface area (Å²) in [5.41, 5.74) is 0. The molecule has 0 aliphatic carbocycles. The zero-order valence-electron chi connectivity index (χ0n) is 15.3. The summed E-state index contributed by atoms with van der Waals surface area (Å²) in [7, 11) is 6.67. The second kappa shape index (κ2) is 6.30. The number of ether oxygens (including phenoxy) is 4. The molecule has 4 aromatic rings. The van der Waals surface area contributed by atoms with Gasteiger partial charge >= 0.3 is 0 Å². The van der Waals surface area contributed by atoms with Crippen LogP contribution in [0.2, 0.25) is 0 Å². The predicted molar refractivity (Wildman–Crippen MR) is 105 cm³/mol. The van der Waals surface area contributed by atoms with E-state index < -0.39 is 0 Å². The highest BCUT2D eigenvalue weighted by Crippen LogP contribution is 2.46. The van der Waals surface area contributed by atoms with E-state index in [0.717, 1.165) is 55.3 Å². The summed E-state index contributed by atoms with van der Waals surface area (Å²) in [6.45, 7) is 0. The molecule has 0 N–H and O–H groups in total. The van der Waals surface area contributed by atoms with Gasteiger partial charge in [-0.3, -0.25) is 0 Å². The van der Waals surface area contributed by atoms with Crippen LogP contribution in [0.3, 0.4) is 0 Å². The zero-order valence-corrected chi connectivity index (χ0v) is 15.3. The molecule has 0 bridgehead atoms. The lowest BCUT2D eigenvalue weighted by Gasteiger charge is -2.17. The lowest BCUT2D eigenvalue weighted by Crippen LogP contribution is -1.94. The molecular formula is C22H20O4. The van der Waals surface area contributed by atoms with Crippen molar-refractivity contribution < 1.29 is 18.9 Å². The summed E-state index contributed by atoms with van der Waals surface area (Å²) in [6.07, 6.45) is 0. The van der Waals surface area contributed by atoms with Crippen LogP contribution in [0.15, 0.2) is 48.5 Å². The first kappa shape index (κ1) is 16.3. The quantitative estimate of drug-likeness (QED) is 0.476. The van der Waals surface area contributed by atoms with Crippen molar-refractivity contribution in [3.63, 3.8) is 0 Å². The van der Waals surface area contributed by atoms with Crippen molar-refractivity contribution in [2.75, 3.05) is 28.4 Å². The molecule has 0 atom stereocenters. The molecule has 0 aliphatic heterocycles. The topological polar surface area (TPSA) is 36.9 Å². The van der Waals surface area contributed by atoms with Crippen molar-refractivity contribution in [3.8, 4) is 23.0 Å². The molecule has 0 saturated carbocycles. The maximum absolute atomic E-state index is 5.72. The van der Waals surface area contributed by atoms with Crippen LogP contribution in [0.25, 0.3) is 32.3 Å². The van der Waals surface area contributed by atoms with Gasteiger partial charge in [-0.25, -0.2) is 0 Å². The van der Waals surface area contributed by atoms with Crippen LogP contribution in [0.1, 0.15) is 0 Å². The Morgan fingerprint density at radius 3 is 1.27 bits per heavy atom. The Balaban J connectivity index is 2.36. The minimum absolute atomic E-state index is 0.749. The van der Waals surface area contributed by atoms with Gasteiger partial charge in [-0.1, -0.05) is 24.3 Å². The van der Waals surface area contributed by atoms with Gasteiger partial charge in [-0.2, -0.15) is 0 Å². The van der Waals surface area contributed by atoms with Crippen molar-refractivity contribution in [1.82, 2.24) is 0 Å². The third-order valence-corrected chi connectivity index (χ3v) is 4.82.